The molecule has 1 aromatic rings. The topological polar surface area (TPSA) is 92.8 Å². The molecule has 0 aliphatic rings. The lowest BCUT2D eigenvalue weighted by Gasteiger charge is -2.13. The van der Waals surface area contributed by atoms with Crippen molar-refractivity contribution in [2.75, 3.05) is 11.9 Å². The second-order valence-corrected chi connectivity index (χ2v) is 4.50. The summed E-state index contributed by atoms with van der Waals surface area (Å²) in [4.78, 5) is 4.20. The van der Waals surface area contributed by atoms with Crippen LogP contribution >= 0.6 is 0 Å². The van der Waals surface area contributed by atoms with Crippen molar-refractivity contribution in [3.8, 4) is 5.88 Å². The second kappa shape index (κ2) is 8.18. The second-order valence-electron chi connectivity index (χ2n) is 4.50. The van der Waals surface area contributed by atoms with Gasteiger partial charge in [0, 0.05) is 19.2 Å². The van der Waals surface area contributed by atoms with Crippen molar-refractivity contribution in [3.63, 3.8) is 0 Å². The fourth-order valence-electron chi connectivity index (χ4n) is 1.55. The summed E-state index contributed by atoms with van der Waals surface area (Å²) in [5.74, 6) is 0.888. The average molecular weight is 266 g/mol. The summed E-state index contributed by atoms with van der Waals surface area (Å²) < 4.78 is 5.61. The van der Waals surface area contributed by atoms with E-state index in [0.717, 1.165) is 25.1 Å². The van der Waals surface area contributed by atoms with Crippen molar-refractivity contribution in [3.05, 3.63) is 18.3 Å². The Morgan fingerprint density at radius 1 is 1.53 bits per heavy atom. The number of amidine groups is 1. The highest BCUT2D eigenvalue weighted by Crippen LogP contribution is 2.21. The molecule has 0 fully saturated rings. The Balaban J connectivity index is 2.36. The van der Waals surface area contributed by atoms with Crippen molar-refractivity contribution in [1.82, 2.24) is 4.98 Å². The lowest BCUT2D eigenvalue weighted by molar-refractivity contribution is 0.234. The highest BCUT2D eigenvalue weighted by molar-refractivity contribution is 5.79. The number of unbranched alkanes of at least 4 members (excludes halogenated alkanes) is 1. The van der Waals surface area contributed by atoms with Gasteiger partial charge in [-0.3, -0.25) is 0 Å². The summed E-state index contributed by atoms with van der Waals surface area (Å²) in [5, 5.41) is 14.6. The van der Waals surface area contributed by atoms with Crippen LogP contribution in [-0.2, 0) is 0 Å². The molecule has 1 rings (SSSR count). The molecule has 1 aromatic heterocycles. The van der Waals surface area contributed by atoms with E-state index in [9.17, 15) is 0 Å². The molecule has 106 valence electrons. The first-order chi connectivity index (χ1) is 9.13. The van der Waals surface area contributed by atoms with E-state index in [-0.39, 0.29) is 11.9 Å². The van der Waals surface area contributed by atoms with Gasteiger partial charge in [-0.05, 0) is 38.8 Å². The first kappa shape index (κ1) is 15.1. The normalized spacial score (nSPS) is 11.6. The van der Waals surface area contributed by atoms with E-state index >= 15 is 0 Å². The van der Waals surface area contributed by atoms with Crippen LogP contribution in [0, 0.1) is 0 Å². The molecule has 0 aromatic carbocycles. The molecular formula is C13H22N4O2. The maximum absolute atomic E-state index is 8.41. The van der Waals surface area contributed by atoms with Gasteiger partial charge in [0.2, 0.25) is 5.88 Å². The number of pyridine rings is 1. The molecule has 0 aliphatic heterocycles. The van der Waals surface area contributed by atoms with Crippen LogP contribution in [0.15, 0.2) is 23.5 Å². The molecule has 0 spiro atoms. The molecule has 19 heavy (non-hydrogen) atoms. The van der Waals surface area contributed by atoms with E-state index in [1.165, 1.54) is 0 Å². The van der Waals surface area contributed by atoms with Crippen LogP contribution < -0.4 is 15.8 Å². The molecule has 0 amide bonds. The Bertz CT molecular complexity index is 407. The molecule has 0 aliphatic carbocycles. The Kier molecular flexibility index (Phi) is 6.49. The predicted molar refractivity (Wildman–Crippen MR) is 75.8 cm³/mol. The maximum Gasteiger partial charge on any atom is 0.237 e. The van der Waals surface area contributed by atoms with Gasteiger partial charge in [0.1, 0.15) is 5.84 Å². The van der Waals surface area contributed by atoms with E-state index in [1.54, 1.807) is 6.20 Å². The number of oxime groups is 1. The van der Waals surface area contributed by atoms with Gasteiger partial charge in [-0.25, -0.2) is 4.98 Å². The molecule has 6 heteroatoms. The van der Waals surface area contributed by atoms with Crippen molar-refractivity contribution in [1.29, 1.82) is 0 Å². The number of nitrogens with two attached hydrogens (primary N) is 1. The van der Waals surface area contributed by atoms with Crippen molar-refractivity contribution >= 4 is 11.5 Å². The van der Waals surface area contributed by atoms with Gasteiger partial charge in [0.25, 0.3) is 0 Å². The summed E-state index contributed by atoms with van der Waals surface area (Å²) >= 11 is 0. The van der Waals surface area contributed by atoms with Crippen LogP contribution in [0.1, 0.15) is 33.1 Å². The van der Waals surface area contributed by atoms with Gasteiger partial charge in [0.05, 0.1) is 11.8 Å². The highest BCUT2D eigenvalue weighted by Gasteiger charge is 2.05. The zero-order valence-electron chi connectivity index (χ0n) is 11.5. The Hall–Kier alpha value is -1.98. The molecule has 0 bridgehead atoms. The number of ether oxygens (including phenoxy) is 1. The number of rotatable bonds is 8. The molecule has 0 atom stereocenters. The molecule has 0 saturated carbocycles. The number of nitrogens with one attached hydrogen (secondary N) is 1. The van der Waals surface area contributed by atoms with Gasteiger partial charge < -0.3 is 21.0 Å². The summed E-state index contributed by atoms with van der Waals surface area (Å²) in [6.07, 6.45) is 4.19. The van der Waals surface area contributed by atoms with Crippen LogP contribution in [0.3, 0.4) is 0 Å². The maximum atomic E-state index is 8.41. The first-order valence-corrected chi connectivity index (χ1v) is 6.45. The van der Waals surface area contributed by atoms with Crippen LogP contribution in [-0.4, -0.2) is 28.7 Å². The minimum absolute atomic E-state index is 0.0935. The van der Waals surface area contributed by atoms with Crippen molar-refractivity contribution in [2.24, 2.45) is 10.9 Å². The molecule has 0 saturated heterocycles. The predicted octanol–water partition coefficient (Wildman–Crippen LogP) is 2.20. The summed E-state index contributed by atoms with van der Waals surface area (Å²) in [6.45, 7) is 4.73. The smallest absolute Gasteiger partial charge is 0.237 e. The quantitative estimate of drug-likeness (QED) is 0.220. The molecule has 6 nitrogen and oxygen atoms in total. The number of aromatic nitrogens is 1. The average Bonchev–Trinajstić information content (AvgIpc) is 2.39. The Morgan fingerprint density at radius 3 is 3.00 bits per heavy atom. The van der Waals surface area contributed by atoms with Gasteiger partial charge in [0.15, 0.2) is 0 Å². The molecule has 0 radical (unpaired) electrons. The minimum Gasteiger partial charge on any atom is -0.473 e. The van der Waals surface area contributed by atoms with Crippen LogP contribution in [0.25, 0.3) is 0 Å². The third-order valence-corrected chi connectivity index (χ3v) is 2.42. The molecule has 0 unspecified atom stereocenters. The van der Waals surface area contributed by atoms with E-state index < -0.39 is 0 Å². The van der Waals surface area contributed by atoms with E-state index in [1.807, 2.05) is 26.0 Å². The first-order valence-electron chi connectivity index (χ1n) is 6.45. The Morgan fingerprint density at radius 2 is 2.32 bits per heavy atom. The van der Waals surface area contributed by atoms with Crippen molar-refractivity contribution in [2.45, 2.75) is 39.2 Å². The number of hydrogen-bond acceptors (Lipinski definition) is 5. The molecular weight excluding hydrogens is 244 g/mol. The van der Waals surface area contributed by atoms with Crippen molar-refractivity contribution < 1.29 is 9.94 Å². The van der Waals surface area contributed by atoms with Crippen LogP contribution in [0.5, 0.6) is 5.88 Å². The molecule has 4 N–H and O–H groups in total. The van der Waals surface area contributed by atoms with Gasteiger partial charge >= 0.3 is 0 Å². The lowest BCUT2D eigenvalue weighted by Crippen LogP contribution is -2.13. The SMILES string of the molecule is CC(C)Oc1ncccc1NCCCCC(N)=NO. The highest BCUT2D eigenvalue weighted by atomic mass is 16.5. The summed E-state index contributed by atoms with van der Waals surface area (Å²) in [7, 11) is 0. The zero-order valence-corrected chi connectivity index (χ0v) is 11.5. The van der Waals surface area contributed by atoms with E-state index in [0.29, 0.717) is 12.3 Å². The largest absolute Gasteiger partial charge is 0.473 e. The lowest BCUT2D eigenvalue weighted by atomic mass is 10.2. The fourth-order valence-corrected chi connectivity index (χ4v) is 1.55. The van der Waals surface area contributed by atoms with Gasteiger partial charge in [-0.2, -0.15) is 0 Å². The third-order valence-electron chi connectivity index (χ3n) is 2.42. The fraction of sp³-hybridized carbons (Fsp3) is 0.538. The standard InChI is InChI=1S/C13H22N4O2/c1-10(2)19-13-11(6-5-9-16-13)15-8-4-3-7-12(14)17-18/h5-6,9-10,15,18H,3-4,7-8H2,1-2H3,(H2,14,17). The van der Waals surface area contributed by atoms with E-state index in [2.05, 4.69) is 15.5 Å². The van der Waals surface area contributed by atoms with Gasteiger partial charge in [-0.15, -0.1) is 0 Å². The summed E-state index contributed by atoms with van der Waals surface area (Å²) in [5.41, 5.74) is 6.28. The summed E-state index contributed by atoms with van der Waals surface area (Å²) in [6, 6.07) is 3.81. The monoisotopic (exact) mass is 266 g/mol. The number of anilines is 1. The Labute approximate surface area is 113 Å². The van der Waals surface area contributed by atoms with Gasteiger partial charge in [-0.1, -0.05) is 5.16 Å². The zero-order chi connectivity index (χ0) is 14.1. The number of nitrogens with zero attached hydrogens (tertiary/aromatic N) is 2. The molecule has 1 heterocycles. The van der Waals surface area contributed by atoms with E-state index in [4.69, 9.17) is 15.7 Å². The third kappa shape index (κ3) is 5.94. The minimum atomic E-state index is 0.0935. The van der Waals surface area contributed by atoms with Crippen LogP contribution in [0.4, 0.5) is 5.69 Å². The van der Waals surface area contributed by atoms with Crippen LogP contribution in [0.2, 0.25) is 0 Å². The number of hydrogen-bond donors (Lipinski definition) is 3.